The Morgan fingerprint density at radius 3 is 2.19 bits per heavy atom. The highest BCUT2D eigenvalue weighted by Crippen LogP contribution is 2.34. The molecule has 0 unspecified atom stereocenters. The predicted octanol–water partition coefficient (Wildman–Crippen LogP) is 4.11. The minimum atomic E-state index is -3.62. The van der Waals surface area contributed by atoms with Crippen LogP contribution in [0.5, 0.6) is 0 Å². The Balaban J connectivity index is 1.49. The number of amidine groups is 1. The topological polar surface area (TPSA) is 49.7 Å². The summed E-state index contributed by atoms with van der Waals surface area (Å²) in [6.07, 6.45) is 3.20. The zero-order chi connectivity index (χ0) is 18.9. The van der Waals surface area contributed by atoms with Crippen LogP contribution < -0.4 is 0 Å². The van der Waals surface area contributed by atoms with Gasteiger partial charge in [-0.1, -0.05) is 60.7 Å². The van der Waals surface area contributed by atoms with E-state index in [1.165, 1.54) is 5.56 Å². The molecule has 140 valence electrons. The fourth-order valence-electron chi connectivity index (χ4n) is 4.07. The SMILES string of the molecule is CC1=C(c2ccccc2)S(=O)(=O)N=C1N1CCC(Cc2ccccc2)CC1. The van der Waals surface area contributed by atoms with E-state index in [4.69, 9.17) is 0 Å². The molecule has 0 radical (unpaired) electrons. The third kappa shape index (κ3) is 3.69. The van der Waals surface area contributed by atoms with E-state index in [0.29, 0.717) is 22.2 Å². The van der Waals surface area contributed by atoms with Crippen molar-refractivity contribution in [3.05, 3.63) is 77.4 Å². The number of rotatable bonds is 3. The molecule has 2 heterocycles. The van der Waals surface area contributed by atoms with Gasteiger partial charge in [-0.25, -0.2) is 0 Å². The molecule has 2 aromatic rings. The lowest BCUT2D eigenvalue weighted by molar-refractivity contribution is 0.266. The lowest BCUT2D eigenvalue weighted by Gasteiger charge is -2.33. The van der Waals surface area contributed by atoms with Gasteiger partial charge in [-0.3, -0.25) is 0 Å². The van der Waals surface area contributed by atoms with Gasteiger partial charge >= 0.3 is 0 Å². The molecule has 5 heteroatoms. The van der Waals surface area contributed by atoms with Crippen LogP contribution in [-0.2, 0) is 16.4 Å². The van der Waals surface area contributed by atoms with Crippen molar-refractivity contribution in [1.82, 2.24) is 4.90 Å². The summed E-state index contributed by atoms with van der Waals surface area (Å²) in [5.41, 5.74) is 2.86. The van der Waals surface area contributed by atoms with Crippen LogP contribution in [0.4, 0.5) is 0 Å². The largest absolute Gasteiger partial charge is 0.356 e. The Morgan fingerprint density at radius 2 is 1.56 bits per heavy atom. The van der Waals surface area contributed by atoms with Gasteiger partial charge in [0.15, 0.2) is 0 Å². The summed E-state index contributed by atoms with van der Waals surface area (Å²) in [6.45, 7) is 3.58. The highest BCUT2D eigenvalue weighted by atomic mass is 32.2. The van der Waals surface area contributed by atoms with Crippen molar-refractivity contribution < 1.29 is 8.42 Å². The van der Waals surface area contributed by atoms with Gasteiger partial charge in [0, 0.05) is 18.7 Å². The van der Waals surface area contributed by atoms with Crippen LogP contribution in [0.15, 0.2) is 70.6 Å². The van der Waals surface area contributed by atoms with E-state index in [0.717, 1.165) is 37.9 Å². The quantitative estimate of drug-likeness (QED) is 0.805. The third-order valence-corrected chi connectivity index (χ3v) is 6.93. The molecule has 0 saturated carbocycles. The highest BCUT2D eigenvalue weighted by molar-refractivity contribution is 8.00. The Kier molecular flexibility index (Phi) is 4.87. The van der Waals surface area contributed by atoms with E-state index in [-0.39, 0.29) is 0 Å². The number of nitrogens with zero attached hydrogens (tertiary/aromatic N) is 2. The lowest BCUT2D eigenvalue weighted by atomic mass is 9.90. The van der Waals surface area contributed by atoms with E-state index in [1.54, 1.807) is 0 Å². The molecule has 1 saturated heterocycles. The number of benzene rings is 2. The molecule has 2 aliphatic heterocycles. The van der Waals surface area contributed by atoms with Crippen molar-refractivity contribution in [2.45, 2.75) is 26.2 Å². The molecule has 0 N–H and O–H groups in total. The smallest absolute Gasteiger partial charge is 0.285 e. The van der Waals surface area contributed by atoms with Gasteiger partial charge in [-0.05, 0) is 43.2 Å². The molecule has 0 atom stereocenters. The Hall–Kier alpha value is -2.40. The molecule has 27 heavy (non-hydrogen) atoms. The van der Waals surface area contributed by atoms with Gasteiger partial charge < -0.3 is 4.90 Å². The van der Waals surface area contributed by atoms with Gasteiger partial charge in [0.2, 0.25) is 0 Å². The van der Waals surface area contributed by atoms with E-state index < -0.39 is 10.0 Å². The zero-order valence-electron chi connectivity index (χ0n) is 15.5. The Morgan fingerprint density at radius 1 is 0.963 bits per heavy atom. The second-order valence-electron chi connectivity index (χ2n) is 7.33. The molecule has 0 bridgehead atoms. The molecule has 2 aromatic carbocycles. The predicted molar refractivity (Wildman–Crippen MR) is 110 cm³/mol. The summed E-state index contributed by atoms with van der Waals surface area (Å²) in [6, 6.07) is 19.9. The highest BCUT2D eigenvalue weighted by Gasteiger charge is 2.34. The summed E-state index contributed by atoms with van der Waals surface area (Å²) in [5.74, 6) is 1.27. The molecule has 4 rings (SSSR count). The Labute approximate surface area is 161 Å². The molecule has 0 spiro atoms. The minimum absolute atomic E-state index is 0.351. The van der Waals surface area contributed by atoms with Crippen molar-refractivity contribution in [1.29, 1.82) is 0 Å². The van der Waals surface area contributed by atoms with Crippen molar-refractivity contribution in [3.63, 3.8) is 0 Å². The fraction of sp³-hybridized carbons (Fsp3) is 0.318. The summed E-state index contributed by atoms with van der Waals surface area (Å²) < 4.78 is 29.5. The summed E-state index contributed by atoms with van der Waals surface area (Å²) in [4.78, 5) is 2.49. The fourth-order valence-corrected chi connectivity index (χ4v) is 5.55. The van der Waals surface area contributed by atoms with Crippen LogP contribution in [0.3, 0.4) is 0 Å². The van der Waals surface area contributed by atoms with Crippen LogP contribution in [0.25, 0.3) is 4.91 Å². The van der Waals surface area contributed by atoms with Gasteiger partial charge in [-0.2, -0.15) is 8.42 Å². The first-order chi connectivity index (χ1) is 13.0. The van der Waals surface area contributed by atoms with Crippen LogP contribution in [0, 0.1) is 5.92 Å². The maximum Gasteiger partial charge on any atom is 0.285 e. The van der Waals surface area contributed by atoms with Crippen molar-refractivity contribution in [2.24, 2.45) is 10.3 Å². The molecule has 1 fully saturated rings. The molecule has 0 aromatic heterocycles. The standard InChI is InChI=1S/C22H24N2O2S/c1-17-21(20-10-6-3-7-11-20)27(25,26)23-22(17)24-14-12-19(13-15-24)16-18-8-4-2-5-9-18/h2-11,19H,12-16H2,1H3. The van der Waals surface area contributed by atoms with E-state index in [2.05, 4.69) is 33.6 Å². The van der Waals surface area contributed by atoms with Gasteiger partial charge in [0.1, 0.15) is 10.7 Å². The normalized spacial score (nSPS) is 20.0. The average molecular weight is 381 g/mol. The molecular formula is C22H24N2O2S. The van der Waals surface area contributed by atoms with Crippen molar-refractivity contribution in [3.8, 4) is 0 Å². The first-order valence-corrected chi connectivity index (χ1v) is 10.9. The number of hydrogen-bond acceptors (Lipinski definition) is 3. The van der Waals surface area contributed by atoms with Crippen LogP contribution >= 0.6 is 0 Å². The first kappa shape index (κ1) is 18.0. The average Bonchev–Trinajstić information content (AvgIpc) is 2.93. The van der Waals surface area contributed by atoms with Crippen LogP contribution in [0.1, 0.15) is 30.9 Å². The monoisotopic (exact) mass is 380 g/mol. The van der Waals surface area contributed by atoms with E-state index in [1.807, 2.05) is 43.3 Å². The maximum absolute atomic E-state index is 12.7. The number of piperidine rings is 1. The molecule has 2 aliphatic rings. The van der Waals surface area contributed by atoms with Gasteiger partial charge in [-0.15, -0.1) is 4.40 Å². The van der Waals surface area contributed by atoms with Crippen molar-refractivity contribution >= 4 is 20.8 Å². The number of likely N-dealkylation sites (tertiary alicyclic amines) is 1. The summed E-state index contributed by atoms with van der Waals surface area (Å²) in [5, 5.41) is 0. The van der Waals surface area contributed by atoms with Gasteiger partial charge in [0.05, 0.1) is 0 Å². The van der Waals surface area contributed by atoms with Crippen LogP contribution in [-0.4, -0.2) is 32.2 Å². The summed E-state index contributed by atoms with van der Waals surface area (Å²) >= 11 is 0. The molecule has 0 amide bonds. The second kappa shape index (κ2) is 7.31. The molecular weight excluding hydrogens is 356 g/mol. The second-order valence-corrected chi connectivity index (χ2v) is 8.87. The molecule has 0 aliphatic carbocycles. The van der Waals surface area contributed by atoms with E-state index >= 15 is 0 Å². The number of hydrogen-bond donors (Lipinski definition) is 0. The third-order valence-electron chi connectivity index (χ3n) is 5.46. The van der Waals surface area contributed by atoms with Gasteiger partial charge in [0.25, 0.3) is 10.0 Å². The first-order valence-electron chi connectivity index (χ1n) is 9.45. The Bertz CT molecular complexity index is 971. The molecule has 4 nitrogen and oxygen atoms in total. The van der Waals surface area contributed by atoms with E-state index in [9.17, 15) is 8.42 Å². The summed E-state index contributed by atoms with van der Waals surface area (Å²) in [7, 11) is -3.62. The number of sulfonamides is 1. The minimum Gasteiger partial charge on any atom is -0.356 e. The zero-order valence-corrected chi connectivity index (χ0v) is 16.3. The maximum atomic E-state index is 12.7. The van der Waals surface area contributed by atoms with Crippen LogP contribution in [0.2, 0.25) is 0 Å². The van der Waals surface area contributed by atoms with Crippen molar-refractivity contribution in [2.75, 3.05) is 13.1 Å². The lowest BCUT2D eigenvalue weighted by Crippen LogP contribution is -2.39.